The van der Waals surface area contributed by atoms with Crippen LogP contribution in [-0.4, -0.2) is 43.5 Å². The minimum Gasteiger partial charge on any atom is -0.497 e. The standard InChI is InChI=1S/C23H28N2O4/c1-3-13-25(15-17-7-8-17)23(27)18-9-11-20(12-10-18)29-16-22(26)24-19-5-4-6-21(14-19)28-2/h4-6,9-12,14,17H,3,7-8,13,15-16H2,1-2H3,(H,24,26). The molecule has 2 aromatic carbocycles. The van der Waals surface area contributed by atoms with Crippen molar-refractivity contribution in [2.45, 2.75) is 26.2 Å². The van der Waals surface area contributed by atoms with Gasteiger partial charge in [0.2, 0.25) is 0 Å². The Hall–Kier alpha value is -3.02. The van der Waals surface area contributed by atoms with Gasteiger partial charge in [0.15, 0.2) is 6.61 Å². The van der Waals surface area contributed by atoms with Gasteiger partial charge in [-0.2, -0.15) is 0 Å². The first-order valence-electron chi connectivity index (χ1n) is 10.0. The second-order valence-electron chi connectivity index (χ2n) is 7.29. The van der Waals surface area contributed by atoms with Gasteiger partial charge in [0.25, 0.3) is 11.8 Å². The second kappa shape index (κ2) is 9.96. The molecule has 2 aromatic rings. The van der Waals surface area contributed by atoms with Crippen molar-refractivity contribution in [3.63, 3.8) is 0 Å². The van der Waals surface area contributed by atoms with Gasteiger partial charge in [-0.1, -0.05) is 13.0 Å². The normalized spacial score (nSPS) is 12.9. The third kappa shape index (κ3) is 6.24. The van der Waals surface area contributed by atoms with Crippen LogP contribution in [-0.2, 0) is 4.79 Å². The Kier molecular flexibility index (Phi) is 7.11. The van der Waals surface area contributed by atoms with Crippen LogP contribution >= 0.6 is 0 Å². The minimum absolute atomic E-state index is 0.0565. The van der Waals surface area contributed by atoms with E-state index in [0.717, 1.165) is 19.5 Å². The third-order valence-electron chi connectivity index (χ3n) is 4.78. The van der Waals surface area contributed by atoms with Crippen LogP contribution in [0.25, 0.3) is 0 Å². The number of rotatable bonds is 10. The van der Waals surface area contributed by atoms with E-state index in [-0.39, 0.29) is 18.4 Å². The number of methoxy groups -OCH3 is 1. The predicted octanol–water partition coefficient (Wildman–Crippen LogP) is 3.97. The van der Waals surface area contributed by atoms with Crippen LogP contribution in [0.5, 0.6) is 11.5 Å². The minimum atomic E-state index is -0.267. The lowest BCUT2D eigenvalue weighted by Crippen LogP contribution is -2.33. The first-order valence-corrected chi connectivity index (χ1v) is 10.0. The molecule has 29 heavy (non-hydrogen) atoms. The van der Waals surface area contributed by atoms with Gasteiger partial charge in [-0.05, 0) is 61.6 Å². The number of hydrogen-bond donors (Lipinski definition) is 1. The summed E-state index contributed by atoms with van der Waals surface area (Å²) < 4.78 is 10.7. The molecular weight excluding hydrogens is 368 g/mol. The average molecular weight is 396 g/mol. The highest BCUT2D eigenvalue weighted by atomic mass is 16.5. The number of anilines is 1. The van der Waals surface area contributed by atoms with Gasteiger partial charge in [0, 0.05) is 30.4 Å². The summed E-state index contributed by atoms with van der Waals surface area (Å²) in [4.78, 5) is 26.8. The number of carbonyl (C=O) groups excluding carboxylic acids is 2. The first-order chi connectivity index (χ1) is 14.1. The third-order valence-corrected chi connectivity index (χ3v) is 4.78. The van der Waals surface area contributed by atoms with E-state index in [2.05, 4.69) is 12.2 Å². The molecule has 0 saturated heterocycles. The summed E-state index contributed by atoms with van der Waals surface area (Å²) in [6, 6.07) is 14.1. The number of amides is 2. The molecule has 1 saturated carbocycles. The number of hydrogen-bond acceptors (Lipinski definition) is 4. The molecule has 0 unspecified atom stereocenters. The quantitative estimate of drug-likeness (QED) is 0.660. The van der Waals surface area contributed by atoms with Crippen molar-refractivity contribution in [1.29, 1.82) is 0 Å². The monoisotopic (exact) mass is 396 g/mol. The molecule has 6 heteroatoms. The zero-order chi connectivity index (χ0) is 20.6. The molecule has 0 bridgehead atoms. The van der Waals surface area contributed by atoms with E-state index in [9.17, 15) is 9.59 Å². The lowest BCUT2D eigenvalue weighted by atomic mass is 10.1. The molecule has 1 fully saturated rings. The summed E-state index contributed by atoms with van der Waals surface area (Å²) in [6.07, 6.45) is 3.39. The first kappa shape index (κ1) is 20.7. The highest BCUT2D eigenvalue weighted by Crippen LogP contribution is 2.30. The van der Waals surface area contributed by atoms with Crippen molar-refractivity contribution in [3.05, 3.63) is 54.1 Å². The summed E-state index contributed by atoms with van der Waals surface area (Å²) >= 11 is 0. The molecule has 1 aliphatic rings. The Morgan fingerprint density at radius 3 is 2.52 bits per heavy atom. The maximum Gasteiger partial charge on any atom is 0.262 e. The molecule has 0 aliphatic heterocycles. The van der Waals surface area contributed by atoms with E-state index >= 15 is 0 Å². The van der Waals surface area contributed by atoms with Crippen molar-refractivity contribution in [2.75, 3.05) is 32.1 Å². The van der Waals surface area contributed by atoms with Gasteiger partial charge in [0.05, 0.1) is 7.11 Å². The van der Waals surface area contributed by atoms with Gasteiger partial charge in [-0.3, -0.25) is 9.59 Å². The Labute approximate surface area is 171 Å². The fraction of sp³-hybridized carbons (Fsp3) is 0.391. The maximum absolute atomic E-state index is 12.7. The van der Waals surface area contributed by atoms with Crippen molar-refractivity contribution < 1.29 is 19.1 Å². The zero-order valence-corrected chi connectivity index (χ0v) is 17.0. The fourth-order valence-corrected chi connectivity index (χ4v) is 3.08. The van der Waals surface area contributed by atoms with Crippen LogP contribution in [0.1, 0.15) is 36.5 Å². The van der Waals surface area contributed by atoms with Gasteiger partial charge in [-0.25, -0.2) is 0 Å². The van der Waals surface area contributed by atoms with Crippen LogP contribution in [0.2, 0.25) is 0 Å². The molecule has 1 aliphatic carbocycles. The molecule has 0 spiro atoms. The Morgan fingerprint density at radius 1 is 1.10 bits per heavy atom. The summed E-state index contributed by atoms with van der Waals surface area (Å²) in [5.74, 6) is 1.67. The fourth-order valence-electron chi connectivity index (χ4n) is 3.08. The van der Waals surface area contributed by atoms with Crippen molar-refractivity contribution in [2.24, 2.45) is 5.92 Å². The largest absolute Gasteiger partial charge is 0.497 e. The second-order valence-corrected chi connectivity index (χ2v) is 7.29. The summed E-state index contributed by atoms with van der Waals surface area (Å²) in [7, 11) is 1.58. The summed E-state index contributed by atoms with van der Waals surface area (Å²) in [5, 5.41) is 2.76. The number of ether oxygens (including phenoxy) is 2. The van der Waals surface area contributed by atoms with Crippen molar-refractivity contribution in [1.82, 2.24) is 4.90 Å². The molecule has 6 nitrogen and oxygen atoms in total. The lowest BCUT2D eigenvalue weighted by Gasteiger charge is -2.22. The van der Waals surface area contributed by atoms with Gasteiger partial charge in [0.1, 0.15) is 11.5 Å². The van der Waals surface area contributed by atoms with E-state index in [1.54, 1.807) is 55.6 Å². The van der Waals surface area contributed by atoms with Gasteiger partial charge < -0.3 is 19.7 Å². The molecular formula is C23H28N2O4. The smallest absolute Gasteiger partial charge is 0.262 e. The molecule has 0 atom stereocenters. The Balaban J connectivity index is 1.51. The molecule has 3 rings (SSSR count). The number of nitrogens with zero attached hydrogens (tertiary/aromatic N) is 1. The molecule has 0 heterocycles. The zero-order valence-electron chi connectivity index (χ0n) is 17.0. The van der Waals surface area contributed by atoms with E-state index in [1.807, 2.05) is 4.90 Å². The number of carbonyl (C=O) groups is 2. The molecule has 1 N–H and O–H groups in total. The number of benzene rings is 2. The van der Waals surface area contributed by atoms with Crippen LogP contribution < -0.4 is 14.8 Å². The SMILES string of the molecule is CCCN(CC1CC1)C(=O)c1ccc(OCC(=O)Nc2cccc(OC)c2)cc1. The van der Waals surface area contributed by atoms with Crippen LogP contribution in [0.15, 0.2) is 48.5 Å². The summed E-state index contributed by atoms with van der Waals surface area (Å²) in [6.45, 7) is 3.59. The van der Waals surface area contributed by atoms with E-state index in [1.165, 1.54) is 12.8 Å². The highest BCUT2D eigenvalue weighted by molar-refractivity contribution is 5.94. The van der Waals surface area contributed by atoms with Gasteiger partial charge >= 0.3 is 0 Å². The van der Waals surface area contributed by atoms with Crippen molar-refractivity contribution in [3.8, 4) is 11.5 Å². The number of nitrogens with one attached hydrogen (secondary N) is 1. The summed E-state index contributed by atoms with van der Waals surface area (Å²) in [5.41, 5.74) is 1.29. The molecule has 154 valence electrons. The van der Waals surface area contributed by atoms with Gasteiger partial charge in [-0.15, -0.1) is 0 Å². The van der Waals surface area contributed by atoms with E-state index < -0.39 is 0 Å². The maximum atomic E-state index is 12.7. The highest BCUT2D eigenvalue weighted by Gasteiger charge is 2.26. The van der Waals surface area contributed by atoms with E-state index in [4.69, 9.17) is 9.47 Å². The molecule has 2 amide bonds. The Morgan fingerprint density at radius 2 is 1.86 bits per heavy atom. The van der Waals surface area contributed by atoms with E-state index in [0.29, 0.717) is 28.7 Å². The van der Waals surface area contributed by atoms with Crippen LogP contribution in [0.3, 0.4) is 0 Å². The van der Waals surface area contributed by atoms with Crippen LogP contribution in [0.4, 0.5) is 5.69 Å². The van der Waals surface area contributed by atoms with Crippen molar-refractivity contribution >= 4 is 17.5 Å². The molecule has 0 radical (unpaired) electrons. The van der Waals surface area contributed by atoms with Crippen LogP contribution in [0, 0.1) is 5.92 Å². The average Bonchev–Trinajstić information content (AvgIpc) is 3.56. The molecule has 0 aromatic heterocycles. The topological polar surface area (TPSA) is 67.9 Å². The Bertz CT molecular complexity index is 831. The lowest BCUT2D eigenvalue weighted by molar-refractivity contribution is -0.118. The predicted molar refractivity (Wildman–Crippen MR) is 112 cm³/mol.